The Morgan fingerprint density at radius 2 is 1.43 bits per heavy atom. The largest absolute Gasteiger partial charge is 0.497 e. The van der Waals surface area contributed by atoms with E-state index in [1.807, 2.05) is 19.0 Å². The molecule has 10 heteroatoms. The third kappa shape index (κ3) is 7.56. The van der Waals surface area contributed by atoms with Crippen molar-refractivity contribution in [3.8, 4) is 5.75 Å². The third-order valence-corrected chi connectivity index (χ3v) is 5.36. The van der Waals surface area contributed by atoms with E-state index in [0.717, 1.165) is 5.69 Å². The summed E-state index contributed by atoms with van der Waals surface area (Å²) >= 11 is 0. The molecule has 0 aliphatic carbocycles. The number of carboxylic acids is 1. The Morgan fingerprint density at radius 1 is 0.784 bits per heavy atom. The number of hydrogen-bond acceptors (Lipinski definition) is 6. The van der Waals surface area contributed by atoms with Gasteiger partial charge in [-0.15, -0.1) is 0 Å². The Bertz CT molecular complexity index is 1290. The van der Waals surface area contributed by atoms with Gasteiger partial charge in [0, 0.05) is 43.1 Å². The monoisotopic (exact) mass is 504 g/mol. The number of hydrogen-bond donors (Lipinski definition) is 4. The Balaban J connectivity index is 1.86. The van der Waals surface area contributed by atoms with Crippen LogP contribution in [0.4, 0.5) is 22.7 Å². The number of nitrogens with one attached hydrogen (secondary N) is 3. The first-order valence-electron chi connectivity index (χ1n) is 11.4. The number of methoxy groups -OCH3 is 1. The van der Waals surface area contributed by atoms with Crippen molar-refractivity contribution >= 4 is 46.4 Å². The predicted molar refractivity (Wildman–Crippen MR) is 142 cm³/mol. The van der Waals surface area contributed by atoms with Gasteiger partial charge in [0.1, 0.15) is 5.75 Å². The van der Waals surface area contributed by atoms with Crippen LogP contribution in [0.25, 0.3) is 0 Å². The summed E-state index contributed by atoms with van der Waals surface area (Å²) in [6, 6.07) is 18.1. The Hall–Kier alpha value is -4.86. The van der Waals surface area contributed by atoms with E-state index in [-0.39, 0.29) is 24.1 Å². The van der Waals surface area contributed by atoms with Crippen molar-refractivity contribution in [1.82, 2.24) is 0 Å². The number of carbonyl (C=O) groups is 4. The second-order valence-electron chi connectivity index (χ2n) is 8.28. The molecule has 192 valence electrons. The van der Waals surface area contributed by atoms with Crippen LogP contribution in [0.1, 0.15) is 33.6 Å². The number of carboxylic acid groups (broad SMARTS) is 1. The molecule has 0 unspecified atom stereocenters. The van der Waals surface area contributed by atoms with E-state index in [4.69, 9.17) is 9.84 Å². The molecular weight excluding hydrogens is 476 g/mol. The van der Waals surface area contributed by atoms with Gasteiger partial charge in [0.25, 0.3) is 11.8 Å². The molecule has 0 atom stereocenters. The molecule has 4 N–H and O–H groups in total. The zero-order valence-electron chi connectivity index (χ0n) is 20.7. The molecule has 0 aliphatic rings. The normalized spacial score (nSPS) is 10.2. The van der Waals surface area contributed by atoms with Gasteiger partial charge in [0.05, 0.1) is 24.8 Å². The molecule has 3 rings (SSSR count). The van der Waals surface area contributed by atoms with E-state index in [9.17, 15) is 19.2 Å². The van der Waals surface area contributed by atoms with E-state index in [2.05, 4.69) is 16.0 Å². The van der Waals surface area contributed by atoms with Gasteiger partial charge < -0.3 is 30.7 Å². The van der Waals surface area contributed by atoms with Crippen LogP contribution in [0.2, 0.25) is 0 Å². The van der Waals surface area contributed by atoms with Crippen LogP contribution in [0.5, 0.6) is 5.75 Å². The maximum atomic E-state index is 13.1. The summed E-state index contributed by atoms with van der Waals surface area (Å²) in [7, 11) is 5.32. The van der Waals surface area contributed by atoms with Crippen molar-refractivity contribution < 1.29 is 29.0 Å². The molecule has 0 heterocycles. The van der Waals surface area contributed by atoms with Gasteiger partial charge in [-0.05, 0) is 66.7 Å². The molecule has 3 aromatic carbocycles. The highest BCUT2D eigenvalue weighted by molar-refractivity contribution is 6.13. The van der Waals surface area contributed by atoms with Gasteiger partial charge in [-0.25, -0.2) is 0 Å². The number of anilines is 4. The van der Waals surface area contributed by atoms with Gasteiger partial charge in [-0.2, -0.15) is 0 Å². The van der Waals surface area contributed by atoms with Crippen LogP contribution in [-0.4, -0.2) is 50.0 Å². The van der Waals surface area contributed by atoms with Crippen molar-refractivity contribution in [3.63, 3.8) is 0 Å². The average Bonchev–Trinajstić information content (AvgIpc) is 2.88. The summed E-state index contributed by atoms with van der Waals surface area (Å²) in [5.74, 6) is -1.89. The highest BCUT2D eigenvalue weighted by Gasteiger charge is 2.17. The lowest BCUT2D eigenvalue weighted by molar-refractivity contribution is -0.138. The van der Waals surface area contributed by atoms with Gasteiger partial charge in [0.2, 0.25) is 5.91 Å². The van der Waals surface area contributed by atoms with E-state index in [1.54, 1.807) is 55.6 Å². The molecule has 0 aliphatic heterocycles. The molecule has 10 nitrogen and oxygen atoms in total. The number of benzene rings is 3. The molecule has 3 amide bonds. The molecule has 0 bridgehead atoms. The predicted octanol–water partition coefficient (Wildman–Crippen LogP) is 4.07. The topological polar surface area (TPSA) is 137 Å². The molecule has 0 saturated heterocycles. The van der Waals surface area contributed by atoms with Gasteiger partial charge in [-0.1, -0.05) is 0 Å². The molecule has 3 aromatic rings. The van der Waals surface area contributed by atoms with Crippen molar-refractivity contribution in [1.29, 1.82) is 0 Å². The second kappa shape index (κ2) is 12.2. The standard InChI is InChI=1S/C27H28N4O6/c1-31(2)20-9-4-17(5-10-20)26(35)30-23-16-19(28-24(32)14-15-25(33)34)8-13-22(23)27(36)29-18-6-11-21(37-3)12-7-18/h4-13,16H,14-15H2,1-3H3,(H,28,32)(H,29,36)(H,30,35)(H,33,34). The van der Waals surface area contributed by atoms with Crippen LogP contribution >= 0.6 is 0 Å². The van der Waals surface area contributed by atoms with E-state index < -0.39 is 23.7 Å². The number of rotatable bonds is 10. The van der Waals surface area contributed by atoms with Crippen molar-refractivity contribution in [2.45, 2.75) is 12.8 Å². The van der Waals surface area contributed by atoms with Crippen molar-refractivity contribution in [2.75, 3.05) is 42.1 Å². The summed E-state index contributed by atoms with van der Waals surface area (Å²) in [6.45, 7) is 0. The van der Waals surface area contributed by atoms with E-state index in [0.29, 0.717) is 22.7 Å². The first-order valence-corrected chi connectivity index (χ1v) is 11.4. The van der Waals surface area contributed by atoms with Crippen molar-refractivity contribution in [2.24, 2.45) is 0 Å². The molecular formula is C27H28N4O6. The Morgan fingerprint density at radius 3 is 2.03 bits per heavy atom. The molecule has 0 spiro atoms. The lowest BCUT2D eigenvalue weighted by Crippen LogP contribution is -2.19. The maximum Gasteiger partial charge on any atom is 0.303 e. The minimum atomic E-state index is -1.09. The summed E-state index contributed by atoms with van der Waals surface area (Å²) < 4.78 is 5.13. The molecule has 0 aromatic heterocycles. The summed E-state index contributed by atoms with van der Waals surface area (Å²) in [4.78, 5) is 50.8. The van der Waals surface area contributed by atoms with Crippen LogP contribution in [0, 0.1) is 0 Å². The maximum absolute atomic E-state index is 13.1. The van der Waals surface area contributed by atoms with Crippen LogP contribution in [-0.2, 0) is 9.59 Å². The highest BCUT2D eigenvalue weighted by Crippen LogP contribution is 2.25. The molecule has 0 radical (unpaired) electrons. The Kier molecular flexibility index (Phi) is 8.82. The smallest absolute Gasteiger partial charge is 0.303 e. The molecule has 0 fully saturated rings. The quantitative estimate of drug-likeness (QED) is 0.327. The van der Waals surface area contributed by atoms with Crippen LogP contribution in [0.15, 0.2) is 66.7 Å². The van der Waals surface area contributed by atoms with Crippen LogP contribution < -0.4 is 25.6 Å². The minimum Gasteiger partial charge on any atom is -0.497 e. The van der Waals surface area contributed by atoms with Crippen molar-refractivity contribution in [3.05, 3.63) is 77.9 Å². The zero-order valence-corrected chi connectivity index (χ0v) is 20.7. The minimum absolute atomic E-state index is 0.164. The molecule has 0 saturated carbocycles. The fraction of sp³-hybridized carbons (Fsp3) is 0.185. The molecule has 37 heavy (non-hydrogen) atoms. The van der Waals surface area contributed by atoms with E-state index >= 15 is 0 Å². The number of amides is 3. The van der Waals surface area contributed by atoms with Gasteiger partial charge >= 0.3 is 5.97 Å². The first kappa shape index (κ1) is 26.7. The number of aliphatic carboxylic acids is 1. The summed E-state index contributed by atoms with van der Waals surface area (Å²) in [5, 5.41) is 16.9. The van der Waals surface area contributed by atoms with E-state index in [1.165, 1.54) is 18.2 Å². The van der Waals surface area contributed by atoms with Gasteiger partial charge in [0.15, 0.2) is 0 Å². The fourth-order valence-corrected chi connectivity index (χ4v) is 3.35. The number of carbonyl (C=O) groups excluding carboxylic acids is 3. The summed E-state index contributed by atoms with van der Waals surface area (Å²) in [5.41, 5.74) is 2.45. The lowest BCUT2D eigenvalue weighted by atomic mass is 10.1. The fourth-order valence-electron chi connectivity index (χ4n) is 3.35. The summed E-state index contributed by atoms with van der Waals surface area (Å²) in [6.07, 6.45) is -0.532. The lowest BCUT2D eigenvalue weighted by Gasteiger charge is -2.15. The average molecular weight is 505 g/mol. The highest BCUT2D eigenvalue weighted by atomic mass is 16.5. The Labute approximate surface area is 214 Å². The number of ether oxygens (including phenoxy) is 1. The second-order valence-corrected chi connectivity index (χ2v) is 8.28. The third-order valence-electron chi connectivity index (χ3n) is 5.36. The van der Waals surface area contributed by atoms with Crippen LogP contribution in [0.3, 0.4) is 0 Å². The SMILES string of the molecule is COc1ccc(NC(=O)c2ccc(NC(=O)CCC(=O)O)cc2NC(=O)c2ccc(N(C)C)cc2)cc1. The number of nitrogens with zero attached hydrogens (tertiary/aromatic N) is 1. The zero-order chi connectivity index (χ0) is 26.9. The van der Waals surface area contributed by atoms with Gasteiger partial charge in [-0.3, -0.25) is 19.2 Å². The first-order chi connectivity index (χ1) is 17.7.